The number of hydrazone groups is 1. The molecule has 0 spiro atoms. The van der Waals surface area contributed by atoms with Gasteiger partial charge in [-0.25, -0.2) is 9.36 Å². The van der Waals surface area contributed by atoms with Gasteiger partial charge in [0.2, 0.25) is 5.88 Å². The molecule has 138 valence electrons. The van der Waals surface area contributed by atoms with Crippen LogP contribution in [-0.2, 0) is 0 Å². The summed E-state index contributed by atoms with van der Waals surface area (Å²) in [4.78, 5) is 28.8. The van der Waals surface area contributed by atoms with Crippen molar-refractivity contribution in [2.75, 3.05) is 33.2 Å². The van der Waals surface area contributed by atoms with Gasteiger partial charge < -0.3 is 10.0 Å². The third-order valence-corrected chi connectivity index (χ3v) is 4.70. The molecule has 1 fully saturated rings. The molecule has 0 amide bonds. The van der Waals surface area contributed by atoms with Gasteiger partial charge in [-0.2, -0.15) is 5.10 Å². The van der Waals surface area contributed by atoms with Crippen molar-refractivity contribution in [1.29, 1.82) is 0 Å². The third-order valence-electron chi connectivity index (χ3n) is 4.70. The number of rotatable bonds is 3. The second-order valence-electron chi connectivity index (χ2n) is 6.60. The third kappa shape index (κ3) is 3.55. The van der Waals surface area contributed by atoms with Gasteiger partial charge in [-0.1, -0.05) is 6.07 Å². The molecule has 26 heavy (non-hydrogen) atoms. The number of aromatic hydroxyl groups is 1. The Hall–Kier alpha value is -2.87. The summed E-state index contributed by atoms with van der Waals surface area (Å²) in [6.07, 6.45) is 1.32. The van der Waals surface area contributed by atoms with Crippen molar-refractivity contribution in [3.63, 3.8) is 0 Å². The minimum atomic E-state index is -0.687. The molecule has 0 aliphatic carbocycles. The van der Waals surface area contributed by atoms with E-state index in [2.05, 4.69) is 15.0 Å². The van der Waals surface area contributed by atoms with Crippen molar-refractivity contribution in [2.45, 2.75) is 13.8 Å². The van der Waals surface area contributed by atoms with E-state index in [4.69, 9.17) is 0 Å². The monoisotopic (exact) mass is 357 g/mol. The molecular formula is C18H23N5O3. The first-order valence-corrected chi connectivity index (χ1v) is 8.50. The molecule has 2 N–H and O–H groups in total. The molecule has 0 saturated carbocycles. The van der Waals surface area contributed by atoms with Crippen molar-refractivity contribution in [2.24, 2.45) is 5.10 Å². The SMILES string of the molecule is Cc1ccc(-n2c(O)c(/C=N/N3CCN(C)CC3)c(=O)[nH]c2=O)cc1C. The first-order valence-electron chi connectivity index (χ1n) is 8.50. The Morgan fingerprint density at radius 2 is 1.81 bits per heavy atom. The number of hydrogen-bond acceptors (Lipinski definition) is 6. The largest absolute Gasteiger partial charge is 0.493 e. The topological polar surface area (TPSA) is 93.9 Å². The number of nitrogens with zero attached hydrogens (tertiary/aromatic N) is 4. The Labute approximate surface area is 151 Å². The molecule has 2 aromatic rings. The lowest BCUT2D eigenvalue weighted by Crippen LogP contribution is -2.42. The van der Waals surface area contributed by atoms with Crippen LogP contribution in [-0.4, -0.2) is 64.0 Å². The van der Waals surface area contributed by atoms with Gasteiger partial charge in [-0.05, 0) is 44.2 Å². The van der Waals surface area contributed by atoms with Crippen LogP contribution < -0.4 is 11.2 Å². The van der Waals surface area contributed by atoms with E-state index < -0.39 is 17.1 Å². The molecule has 0 unspecified atom stereocenters. The Balaban J connectivity index is 2.00. The van der Waals surface area contributed by atoms with Crippen LogP contribution in [0.25, 0.3) is 5.69 Å². The van der Waals surface area contributed by atoms with E-state index in [-0.39, 0.29) is 5.56 Å². The minimum Gasteiger partial charge on any atom is -0.493 e. The summed E-state index contributed by atoms with van der Waals surface area (Å²) in [5.41, 5.74) is 1.15. The second-order valence-corrected chi connectivity index (χ2v) is 6.60. The van der Waals surface area contributed by atoms with E-state index in [1.807, 2.05) is 32.0 Å². The molecule has 8 nitrogen and oxygen atoms in total. The highest BCUT2D eigenvalue weighted by Gasteiger charge is 2.16. The molecule has 1 aliphatic rings. The van der Waals surface area contributed by atoms with Crippen molar-refractivity contribution < 1.29 is 5.11 Å². The van der Waals surface area contributed by atoms with Crippen LogP contribution in [0.3, 0.4) is 0 Å². The number of H-pyrrole nitrogens is 1. The average molecular weight is 357 g/mol. The molecule has 0 radical (unpaired) electrons. The summed E-state index contributed by atoms with van der Waals surface area (Å²) in [6, 6.07) is 5.37. The summed E-state index contributed by atoms with van der Waals surface area (Å²) in [6.45, 7) is 7.11. The normalized spacial score (nSPS) is 15.7. The fourth-order valence-corrected chi connectivity index (χ4v) is 2.81. The summed E-state index contributed by atoms with van der Waals surface area (Å²) < 4.78 is 1.08. The summed E-state index contributed by atoms with van der Waals surface area (Å²) in [5, 5.41) is 16.7. The van der Waals surface area contributed by atoms with Gasteiger partial charge in [0.05, 0.1) is 11.9 Å². The van der Waals surface area contributed by atoms with Gasteiger partial charge in [0.1, 0.15) is 5.56 Å². The number of benzene rings is 1. The molecule has 1 saturated heterocycles. The highest BCUT2D eigenvalue weighted by Crippen LogP contribution is 2.18. The van der Waals surface area contributed by atoms with E-state index in [1.54, 1.807) is 12.1 Å². The lowest BCUT2D eigenvalue weighted by molar-refractivity contribution is 0.159. The van der Waals surface area contributed by atoms with Crippen LogP contribution >= 0.6 is 0 Å². The van der Waals surface area contributed by atoms with Gasteiger partial charge in [0.15, 0.2) is 0 Å². The maximum Gasteiger partial charge on any atom is 0.335 e. The van der Waals surface area contributed by atoms with E-state index in [1.165, 1.54) is 6.21 Å². The number of aryl methyl sites for hydroxylation is 2. The first-order chi connectivity index (χ1) is 12.4. The first kappa shape index (κ1) is 17.9. The summed E-state index contributed by atoms with van der Waals surface area (Å²) in [7, 11) is 2.04. The second kappa shape index (κ2) is 7.17. The predicted molar refractivity (Wildman–Crippen MR) is 100 cm³/mol. The fourth-order valence-electron chi connectivity index (χ4n) is 2.81. The molecular weight excluding hydrogens is 334 g/mol. The molecule has 0 atom stereocenters. The van der Waals surface area contributed by atoms with Gasteiger partial charge in [0, 0.05) is 26.2 Å². The van der Waals surface area contributed by atoms with Crippen LogP contribution in [0.5, 0.6) is 5.88 Å². The van der Waals surface area contributed by atoms with Crippen molar-refractivity contribution >= 4 is 6.21 Å². The number of hydrogen-bond donors (Lipinski definition) is 2. The van der Waals surface area contributed by atoms with Crippen LogP contribution in [0.15, 0.2) is 32.9 Å². The zero-order valence-electron chi connectivity index (χ0n) is 15.2. The highest BCUT2D eigenvalue weighted by molar-refractivity contribution is 5.82. The number of nitrogens with one attached hydrogen (secondary N) is 1. The molecule has 3 rings (SSSR count). The predicted octanol–water partition coefficient (Wildman–Crippen LogP) is 0.430. The zero-order chi connectivity index (χ0) is 18.8. The van der Waals surface area contributed by atoms with E-state index in [9.17, 15) is 14.7 Å². The zero-order valence-corrected chi connectivity index (χ0v) is 15.2. The summed E-state index contributed by atoms with van der Waals surface area (Å²) >= 11 is 0. The Morgan fingerprint density at radius 1 is 1.12 bits per heavy atom. The smallest absolute Gasteiger partial charge is 0.335 e. The maximum atomic E-state index is 12.2. The quantitative estimate of drug-likeness (QED) is 0.777. The van der Waals surface area contributed by atoms with Crippen molar-refractivity contribution in [3.05, 3.63) is 55.7 Å². The number of aromatic amines is 1. The van der Waals surface area contributed by atoms with Crippen molar-refractivity contribution in [1.82, 2.24) is 19.5 Å². The molecule has 8 heteroatoms. The van der Waals surface area contributed by atoms with E-state index in [0.29, 0.717) is 5.69 Å². The highest BCUT2D eigenvalue weighted by atomic mass is 16.3. The lowest BCUT2D eigenvalue weighted by atomic mass is 10.1. The molecule has 0 bridgehead atoms. The van der Waals surface area contributed by atoms with Crippen LogP contribution in [0.2, 0.25) is 0 Å². The Bertz CT molecular complexity index is 952. The van der Waals surface area contributed by atoms with E-state index >= 15 is 0 Å². The Morgan fingerprint density at radius 3 is 2.46 bits per heavy atom. The van der Waals surface area contributed by atoms with Crippen LogP contribution in [0.4, 0.5) is 0 Å². The van der Waals surface area contributed by atoms with Gasteiger partial charge in [-0.15, -0.1) is 0 Å². The van der Waals surface area contributed by atoms with Gasteiger partial charge in [0.25, 0.3) is 5.56 Å². The lowest BCUT2D eigenvalue weighted by Gasteiger charge is -2.30. The molecule has 1 aromatic heterocycles. The average Bonchev–Trinajstić information content (AvgIpc) is 2.59. The molecule has 1 aliphatic heterocycles. The summed E-state index contributed by atoms with van der Waals surface area (Å²) in [5.74, 6) is -0.417. The van der Waals surface area contributed by atoms with Crippen LogP contribution in [0.1, 0.15) is 16.7 Å². The minimum absolute atomic E-state index is 0.0400. The number of likely N-dealkylation sites (N-methyl/N-ethyl adjacent to an activating group) is 1. The molecule has 1 aromatic carbocycles. The fraction of sp³-hybridized carbons (Fsp3) is 0.389. The van der Waals surface area contributed by atoms with E-state index in [0.717, 1.165) is 41.9 Å². The van der Waals surface area contributed by atoms with Crippen LogP contribution in [0, 0.1) is 13.8 Å². The van der Waals surface area contributed by atoms with Crippen molar-refractivity contribution in [3.8, 4) is 11.6 Å². The number of piperazine rings is 1. The Kier molecular flexibility index (Phi) is 4.94. The standard InChI is InChI=1S/C18H23N5O3/c1-12-4-5-14(10-13(12)2)23-17(25)15(16(24)20-18(23)26)11-19-22-8-6-21(3)7-9-22/h4-5,10-11,25H,6-9H2,1-3H3,(H,20,24,26)/b19-11+. The maximum absolute atomic E-state index is 12.2. The van der Waals surface area contributed by atoms with Gasteiger partial charge in [-0.3, -0.25) is 14.8 Å². The molecule has 2 heterocycles. The van der Waals surface area contributed by atoms with Gasteiger partial charge >= 0.3 is 5.69 Å². The number of aromatic nitrogens is 2.